The summed E-state index contributed by atoms with van der Waals surface area (Å²) >= 11 is 0. The first kappa shape index (κ1) is 30.6. The second-order valence-corrected chi connectivity index (χ2v) is 14.9. The van der Waals surface area contributed by atoms with Crippen molar-refractivity contribution in [2.24, 2.45) is 0 Å². The van der Waals surface area contributed by atoms with Crippen LogP contribution in [0.3, 0.4) is 0 Å². The van der Waals surface area contributed by atoms with Crippen molar-refractivity contribution in [2.45, 2.75) is 52.4 Å². The number of aromatic hydroxyl groups is 1. The van der Waals surface area contributed by atoms with Gasteiger partial charge in [-0.2, -0.15) is 0 Å². The Balaban J connectivity index is 1.43. The first-order chi connectivity index (χ1) is 23.5. The van der Waals surface area contributed by atoms with Crippen molar-refractivity contribution < 1.29 is 9.52 Å². The predicted molar refractivity (Wildman–Crippen MR) is 202 cm³/mol. The van der Waals surface area contributed by atoms with Gasteiger partial charge in [-0.3, -0.25) is 9.55 Å². The van der Waals surface area contributed by atoms with Crippen LogP contribution in [0.5, 0.6) is 5.75 Å². The number of para-hydroxylation sites is 3. The lowest BCUT2D eigenvalue weighted by Crippen LogP contribution is -2.11. The third-order valence-electron chi connectivity index (χ3n) is 9.50. The molecule has 0 amide bonds. The van der Waals surface area contributed by atoms with Crippen molar-refractivity contribution in [2.75, 3.05) is 0 Å². The molecule has 49 heavy (non-hydrogen) atoms. The number of imidazole rings is 1. The number of phenolic OH excluding ortho intramolecular Hbond substituents is 1. The summed E-state index contributed by atoms with van der Waals surface area (Å²) in [4.78, 5) is 10.3. The van der Waals surface area contributed by atoms with E-state index in [0.29, 0.717) is 11.4 Å². The van der Waals surface area contributed by atoms with Gasteiger partial charge in [0.1, 0.15) is 22.7 Å². The standard InChI is InChI=1S/C44H39N3O2/c1-43(2,3)28-20-22-38(48)35(25-28)42-46-40-32(16-12-17-37(40)47(42)30-13-8-7-9-14-30)34-24-27(36-21-19-29(26-45-36)44(4,5)6)23-33-31-15-10-11-18-39(31)49-41(33)34/h7-26,48H,1-6H3. The van der Waals surface area contributed by atoms with Crippen LogP contribution < -0.4 is 0 Å². The van der Waals surface area contributed by atoms with Crippen molar-refractivity contribution in [3.8, 4) is 45.2 Å². The lowest BCUT2D eigenvalue weighted by molar-refractivity contribution is 0.475. The Hall–Kier alpha value is -5.68. The molecule has 0 radical (unpaired) electrons. The maximum atomic E-state index is 11.3. The molecule has 0 bridgehead atoms. The van der Waals surface area contributed by atoms with Crippen molar-refractivity contribution in [3.63, 3.8) is 0 Å². The predicted octanol–water partition coefficient (Wildman–Crippen LogP) is 11.6. The van der Waals surface area contributed by atoms with E-state index < -0.39 is 0 Å². The van der Waals surface area contributed by atoms with E-state index in [4.69, 9.17) is 14.4 Å². The average molecular weight is 642 g/mol. The molecule has 5 aromatic carbocycles. The van der Waals surface area contributed by atoms with Gasteiger partial charge in [-0.15, -0.1) is 0 Å². The van der Waals surface area contributed by atoms with Crippen molar-refractivity contribution in [1.82, 2.24) is 14.5 Å². The molecule has 0 atom stereocenters. The molecule has 5 heteroatoms. The Bertz CT molecular complexity index is 2510. The Morgan fingerprint density at radius 2 is 1.37 bits per heavy atom. The topological polar surface area (TPSA) is 64.1 Å². The molecule has 5 nitrogen and oxygen atoms in total. The summed E-state index contributed by atoms with van der Waals surface area (Å²) in [6.07, 6.45) is 1.99. The van der Waals surface area contributed by atoms with Gasteiger partial charge < -0.3 is 9.52 Å². The van der Waals surface area contributed by atoms with Gasteiger partial charge in [0, 0.05) is 39.3 Å². The fourth-order valence-electron chi connectivity index (χ4n) is 6.70. The maximum absolute atomic E-state index is 11.3. The Kier molecular flexibility index (Phi) is 7.00. The van der Waals surface area contributed by atoms with Gasteiger partial charge in [-0.1, -0.05) is 102 Å². The molecule has 0 aliphatic carbocycles. The number of rotatable bonds is 4. The van der Waals surface area contributed by atoms with Crippen molar-refractivity contribution in [3.05, 3.63) is 133 Å². The number of fused-ring (bicyclic) bond motifs is 4. The van der Waals surface area contributed by atoms with Gasteiger partial charge >= 0.3 is 0 Å². The highest BCUT2D eigenvalue weighted by atomic mass is 16.3. The Labute approximate surface area is 286 Å². The highest BCUT2D eigenvalue weighted by molar-refractivity contribution is 6.13. The van der Waals surface area contributed by atoms with Gasteiger partial charge in [0.25, 0.3) is 0 Å². The molecule has 3 heterocycles. The van der Waals surface area contributed by atoms with Crippen LogP contribution in [0.1, 0.15) is 52.7 Å². The molecule has 8 rings (SSSR count). The first-order valence-electron chi connectivity index (χ1n) is 16.8. The minimum absolute atomic E-state index is 0.00711. The summed E-state index contributed by atoms with van der Waals surface area (Å²) in [6, 6.07) is 39.2. The summed E-state index contributed by atoms with van der Waals surface area (Å²) in [7, 11) is 0. The molecule has 0 saturated carbocycles. The summed E-state index contributed by atoms with van der Waals surface area (Å²) < 4.78 is 8.77. The van der Waals surface area contributed by atoms with Gasteiger partial charge in [-0.25, -0.2) is 4.98 Å². The van der Waals surface area contributed by atoms with Crippen LogP contribution in [-0.2, 0) is 10.8 Å². The third-order valence-corrected chi connectivity index (χ3v) is 9.50. The second-order valence-electron chi connectivity index (χ2n) is 14.9. The molecule has 0 aliphatic rings. The van der Waals surface area contributed by atoms with Crippen LogP contribution in [-0.4, -0.2) is 19.6 Å². The van der Waals surface area contributed by atoms with Gasteiger partial charge in [-0.05, 0) is 76.6 Å². The summed E-state index contributed by atoms with van der Waals surface area (Å²) in [5, 5.41) is 13.4. The molecular formula is C44H39N3O2. The average Bonchev–Trinajstić information content (AvgIpc) is 3.66. The van der Waals surface area contributed by atoms with Crippen LogP contribution in [0.4, 0.5) is 0 Å². The van der Waals surface area contributed by atoms with E-state index >= 15 is 0 Å². The molecule has 0 aliphatic heterocycles. The highest BCUT2D eigenvalue weighted by Gasteiger charge is 2.24. The number of phenols is 1. The van der Waals surface area contributed by atoms with E-state index in [9.17, 15) is 5.11 Å². The number of furan rings is 1. The van der Waals surface area contributed by atoms with E-state index in [2.05, 4.69) is 113 Å². The fourth-order valence-corrected chi connectivity index (χ4v) is 6.70. The van der Waals surface area contributed by atoms with Crippen LogP contribution in [0.15, 0.2) is 126 Å². The lowest BCUT2D eigenvalue weighted by Gasteiger charge is -2.20. The van der Waals surface area contributed by atoms with Gasteiger partial charge in [0.05, 0.1) is 22.3 Å². The van der Waals surface area contributed by atoms with Crippen LogP contribution in [0.2, 0.25) is 0 Å². The van der Waals surface area contributed by atoms with E-state index in [0.717, 1.165) is 66.6 Å². The second kappa shape index (κ2) is 11.2. The van der Waals surface area contributed by atoms with Crippen LogP contribution in [0.25, 0.3) is 72.4 Å². The molecule has 3 aromatic heterocycles. The molecule has 0 spiro atoms. The quantitative estimate of drug-likeness (QED) is 0.208. The monoisotopic (exact) mass is 641 g/mol. The summed E-state index contributed by atoms with van der Waals surface area (Å²) in [5.74, 6) is 0.863. The lowest BCUT2D eigenvalue weighted by atomic mass is 9.86. The van der Waals surface area contributed by atoms with E-state index in [1.165, 1.54) is 5.56 Å². The number of nitrogens with zero attached hydrogens (tertiary/aromatic N) is 3. The molecule has 8 aromatic rings. The van der Waals surface area contributed by atoms with E-state index in [1.807, 2.05) is 48.7 Å². The molecule has 0 unspecified atom stereocenters. The molecule has 1 N–H and O–H groups in total. The smallest absolute Gasteiger partial charge is 0.149 e. The largest absolute Gasteiger partial charge is 0.507 e. The zero-order valence-corrected chi connectivity index (χ0v) is 28.7. The minimum atomic E-state index is -0.107. The number of pyridine rings is 1. The van der Waals surface area contributed by atoms with E-state index in [1.54, 1.807) is 6.07 Å². The van der Waals surface area contributed by atoms with Crippen LogP contribution >= 0.6 is 0 Å². The van der Waals surface area contributed by atoms with Crippen LogP contribution in [0, 0.1) is 0 Å². The highest BCUT2D eigenvalue weighted by Crippen LogP contribution is 2.43. The number of benzene rings is 5. The fraction of sp³-hybridized carbons (Fsp3) is 0.182. The maximum Gasteiger partial charge on any atom is 0.149 e. The normalized spacial score (nSPS) is 12.4. The zero-order valence-electron chi connectivity index (χ0n) is 28.7. The molecule has 0 fully saturated rings. The van der Waals surface area contributed by atoms with Gasteiger partial charge in [0.15, 0.2) is 0 Å². The minimum Gasteiger partial charge on any atom is -0.507 e. The van der Waals surface area contributed by atoms with E-state index in [-0.39, 0.29) is 16.6 Å². The SMILES string of the molecule is CC(C)(C)c1ccc(-c2cc(-c3cccc4c3nc(-c3cc(C(C)(C)C)ccc3O)n4-c3ccccc3)c3oc4ccccc4c3c2)nc1. The van der Waals surface area contributed by atoms with Crippen molar-refractivity contribution >= 4 is 33.0 Å². The number of aromatic nitrogens is 3. The molecule has 0 saturated heterocycles. The molecular weight excluding hydrogens is 603 g/mol. The Morgan fingerprint density at radius 3 is 2.10 bits per heavy atom. The Morgan fingerprint density at radius 1 is 0.633 bits per heavy atom. The number of hydrogen-bond donors (Lipinski definition) is 1. The summed E-state index contributed by atoms with van der Waals surface area (Å²) in [5.41, 5.74) is 11.0. The third kappa shape index (κ3) is 5.26. The zero-order chi connectivity index (χ0) is 34.1. The first-order valence-corrected chi connectivity index (χ1v) is 16.8. The number of hydrogen-bond acceptors (Lipinski definition) is 4. The van der Waals surface area contributed by atoms with Crippen molar-refractivity contribution in [1.29, 1.82) is 0 Å². The molecule has 242 valence electrons. The van der Waals surface area contributed by atoms with Gasteiger partial charge in [0.2, 0.25) is 0 Å². The summed E-state index contributed by atoms with van der Waals surface area (Å²) in [6.45, 7) is 13.1.